The van der Waals surface area contributed by atoms with E-state index in [0.717, 1.165) is 46.7 Å². The number of carbonyl (C=O) groups is 2. The average molecular weight is 702 g/mol. The SMILES string of the molecule is Cc1ccc(CN(C(=O)CN(c2ccc(Oc3ccccc3)cc2)S(=O)(=O)c2ccccc2)[C@@H](Cc2ccccc2)C(=O)NC2CCCC2)cc1. The molecule has 8 nitrogen and oxygen atoms in total. The second kappa shape index (κ2) is 16.5. The number of para-hydroxylation sites is 1. The number of carbonyl (C=O) groups excluding carboxylic acids is 2. The van der Waals surface area contributed by atoms with E-state index in [-0.39, 0.29) is 35.5 Å². The lowest BCUT2D eigenvalue weighted by molar-refractivity contribution is -0.140. The minimum absolute atomic E-state index is 0.0404. The first-order chi connectivity index (χ1) is 24.8. The molecule has 0 aromatic heterocycles. The zero-order valence-corrected chi connectivity index (χ0v) is 29.5. The summed E-state index contributed by atoms with van der Waals surface area (Å²) in [5, 5.41) is 3.22. The molecule has 6 rings (SSSR count). The van der Waals surface area contributed by atoms with Crippen molar-refractivity contribution in [2.75, 3.05) is 10.8 Å². The van der Waals surface area contributed by atoms with Gasteiger partial charge < -0.3 is 15.0 Å². The van der Waals surface area contributed by atoms with Gasteiger partial charge in [-0.05, 0) is 79.4 Å². The molecule has 262 valence electrons. The van der Waals surface area contributed by atoms with Gasteiger partial charge in [-0.2, -0.15) is 0 Å². The number of hydrogen-bond donors (Lipinski definition) is 1. The molecule has 5 aromatic rings. The summed E-state index contributed by atoms with van der Waals surface area (Å²) in [4.78, 5) is 30.6. The molecule has 1 fully saturated rings. The maximum atomic E-state index is 14.8. The third-order valence-electron chi connectivity index (χ3n) is 9.16. The third-order valence-corrected chi connectivity index (χ3v) is 10.9. The monoisotopic (exact) mass is 701 g/mol. The summed E-state index contributed by atoms with van der Waals surface area (Å²) in [6, 6.07) is 40.5. The molecular weight excluding hydrogens is 659 g/mol. The van der Waals surface area contributed by atoms with Gasteiger partial charge in [0.25, 0.3) is 10.0 Å². The number of aryl methyl sites for hydroxylation is 1. The van der Waals surface area contributed by atoms with Crippen LogP contribution in [0.2, 0.25) is 0 Å². The van der Waals surface area contributed by atoms with Crippen molar-refractivity contribution in [3.8, 4) is 11.5 Å². The average Bonchev–Trinajstić information content (AvgIpc) is 3.67. The Hall–Kier alpha value is -5.41. The van der Waals surface area contributed by atoms with Gasteiger partial charge in [0.2, 0.25) is 11.8 Å². The van der Waals surface area contributed by atoms with Crippen molar-refractivity contribution >= 4 is 27.5 Å². The van der Waals surface area contributed by atoms with Crippen molar-refractivity contribution in [3.63, 3.8) is 0 Å². The van der Waals surface area contributed by atoms with Gasteiger partial charge in [0.1, 0.15) is 24.1 Å². The van der Waals surface area contributed by atoms with E-state index < -0.39 is 28.5 Å². The topological polar surface area (TPSA) is 96.0 Å². The van der Waals surface area contributed by atoms with E-state index in [0.29, 0.717) is 11.5 Å². The molecule has 0 bridgehead atoms. The summed E-state index contributed by atoms with van der Waals surface area (Å²) < 4.78 is 35.7. The molecule has 2 amide bonds. The number of hydrogen-bond acceptors (Lipinski definition) is 5. The lowest BCUT2D eigenvalue weighted by atomic mass is 10.0. The van der Waals surface area contributed by atoms with Crippen molar-refractivity contribution < 1.29 is 22.7 Å². The number of nitrogens with one attached hydrogen (secondary N) is 1. The first-order valence-corrected chi connectivity index (χ1v) is 18.8. The zero-order valence-electron chi connectivity index (χ0n) is 28.7. The van der Waals surface area contributed by atoms with E-state index in [4.69, 9.17) is 4.74 Å². The highest BCUT2D eigenvalue weighted by Crippen LogP contribution is 2.29. The van der Waals surface area contributed by atoms with Crippen LogP contribution in [0, 0.1) is 6.92 Å². The molecule has 0 saturated heterocycles. The molecule has 1 aliphatic rings. The van der Waals surface area contributed by atoms with Crippen LogP contribution in [0.5, 0.6) is 11.5 Å². The lowest BCUT2D eigenvalue weighted by Crippen LogP contribution is -2.54. The quantitative estimate of drug-likeness (QED) is 0.128. The van der Waals surface area contributed by atoms with Crippen molar-refractivity contribution in [2.45, 2.75) is 62.6 Å². The highest BCUT2D eigenvalue weighted by atomic mass is 32.2. The molecule has 0 radical (unpaired) electrons. The highest BCUT2D eigenvalue weighted by Gasteiger charge is 2.35. The Morgan fingerprint density at radius 1 is 0.725 bits per heavy atom. The molecule has 9 heteroatoms. The smallest absolute Gasteiger partial charge is 0.264 e. The fourth-order valence-corrected chi connectivity index (χ4v) is 7.80. The van der Waals surface area contributed by atoms with Crippen LogP contribution in [0.3, 0.4) is 0 Å². The van der Waals surface area contributed by atoms with Crippen LogP contribution >= 0.6 is 0 Å². The second-order valence-corrected chi connectivity index (χ2v) is 14.8. The predicted octanol–water partition coefficient (Wildman–Crippen LogP) is 7.68. The van der Waals surface area contributed by atoms with Gasteiger partial charge in [0.15, 0.2) is 0 Å². The van der Waals surface area contributed by atoms with Crippen molar-refractivity contribution in [3.05, 3.63) is 156 Å². The highest BCUT2D eigenvalue weighted by molar-refractivity contribution is 7.92. The van der Waals surface area contributed by atoms with Gasteiger partial charge in [0.05, 0.1) is 10.6 Å². The summed E-state index contributed by atoms with van der Waals surface area (Å²) in [5.41, 5.74) is 3.09. The van der Waals surface area contributed by atoms with Gasteiger partial charge in [0, 0.05) is 19.0 Å². The van der Waals surface area contributed by atoms with E-state index in [1.165, 1.54) is 12.1 Å². The van der Waals surface area contributed by atoms with Gasteiger partial charge in [-0.3, -0.25) is 13.9 Å². The summed E-state index contributed by atoms with van der Waals surface area (Å²) in [7, 11) is -4.21. The molecule has 5 aromatic carbocycles. The number of ether oxygens (including phenoxy) is 1. The Balaban J connectivity index is 1.37. The number of benzene rings is 5. The minimum atomic E-state index is -4.21. The maximum Gasteiger partial charge on any atom is 0.264 e. The van der Waals surface area contributed by atoms with E-state index in [2.05, 4.69) is 5.32 Å². The Morgan fingerprint density at radius 2 is 1.29 bits per heavy atom. The molecule has 0 spiro atoms. The normalized spacial score (nSPS) is 13.7. The van der Waals surface area contributed by atoms with Crippen LogP contribution in [0.1, 0.15) is 42.4 Å². The van der Waals surface area contributed by atoms with E-state index >= 15 is 0 Å². The second-order valence-electron chi connectivity index (χ2n) is 12.9. The summed E-state index contributed by atoms with van der Waals surface area (Å²) in [6.45, 7) is 1.59. The molecule has 1 saturated carbocycles. The fraction of sp³-hybridized carbons (Fsp3) is 0.238. The number of rotatable bonds is 14. The number of nitrogens with zero attached hydrogens (tertiary/aromatic N) is 2. The summed E-state index contributed by atoms with van der Waals surface area (Å²) in [6.07, 6.45) is 4.14. The molecule has 51 heavy (non-hydrogen) atoms. The van der Waals surface area contributed by atoms with E-state index in [1.807, 2.05) is 91.9 Å². The van der Waals surface area contributed by atoms with Gasteiger partial charge in [-0.1, -0.05) is 109 Å². The van der Waals surface area contributed by atoms with Crippen molar-refractivity contribution in [1.82, 2.24) is 10.2 Å². The molecule has 1 atom stereocenters. The van der Waals surface area contributed by atoms with Crippen LogP contribution in [-0.2, 0) is 32.6 Å². The molecular formula is C42H43N3O5S. The predicted molar refractivity (Wildman–Crippen MR) is 200 cm³/mol. The zero-order chi connectivity index (χ0) is 35.6. The molecule has 0 heterocycles. The Kier molecular flexibility index (Phi) is 11.5. The van der Waals surface area contributed by atoms with Crippen molar-refractivity contribution in [2.24, 2.45) is 0 Å². The van der Waals surface area contributed by atoms with Crippen molar-refractivity contribution in [1.29, 1.82) is 0 Å². The van der Waals surface area contributed by atoms with Crippen LogP contribution < -0.4 is 14.4 Å². The molecule has 0 aliphatic heterocycles. The van der Waals surface area contributed by atoms with Crippen LogP contribution in [-0.4, -0.2) is 43.8 Å². The maximum absolute atomic E-state index is 14.8. The largest absolute Gasteiger partial charge is 0.457 e. The van der Waals surface area contributed by atoms with Crippen LogP contribution in [0.25, 0.3) is 0 Å². The summed E-state index contributed by atoms with van der Waals surface area (Å²) >= 11 is 0. The number of amides is 2. The molecule has 1 N–H and O–H groups in total. The first kappa shape index (κ1) is 35.4. The van der Waals surface area contributed by atoms with Gasteiger partial charge in [-0.15, -0.1) is 0 Å². The first-order valence-electron chi connectivity index (χ1n) is 17.4. The lowest BCUT2D eigenvalue weighted by Gasteiger charge is -2.34. The Morgan fingerprint density at radius 3 is 1.92 bits per heavy atom. The van der Waals surface area contributed by atoms with E-state index in [1.54, 1.807) is 47.4 Å². The third kappa shape index (κ3) is 9.23. The molecule has 1 aliphatic carbocycles. The Bertz CT molecular complexity index is 1980. The van der Waals surface area contributed by atoms with E-state index in [9.17, 15) is 18.0 Å². The standard InChI is InChI=1S/C42H43N3O5S/c1-32-21-23-34(24-22-32)30-44(40(29-33-13-5-2-6-14-33)42(47)43-35-15-11-12-16-35)41(46)31-45(51(48,49)39-19-9-4-10-20-39)36-25-27-38(28-26-36)50-37-17-7-3-8-18-37/h2-10,13-14,17-28,35,40H,11-12,15-16,29-31H2,1H3,(H,43,47)/t40-/m0/s1. The van der Waals surface area contributed by atoms with Gasteiger partial charge in [-0.25, -0.2) is 8.42 Å². The Labute approximate surface area is 300 Å². The fourth-order valence-electron chi connectivity index (χ4n) is 6.37. The van der Waals surface area contributed by atoms with Gasteiger partial charge >= 0.3 is 0 Å². The minimum Gasteiger partial charge on any atom is -0.457 e. The number of sulfonamides is 1. The molecule has 0 unspecified atom stereocenters. The summed E-state index contributed by atoms with van der Waals surface area (Å²) in [5.74, 6) is 0.412. The number of anilines is 1. The van der Waals surface area contributed by atoms with Crippen LogP contribution in [0.15, 0.2) is 144 Å². The van der Waals surface area contributed by atoms with Crippen LogP contribution in [0.4, 0.5) is 5.69 Å².